The zero-order chi connectivity index (χ0) is 14.6. The molecule has 2 N–H and O–H groups in total. The van der Waals surface area contributed by atoms with Crippen molar-refractivity contribution in [3.63, 3.8) is 0 Å². The average Bonchev–Trinajstić information content (AvgIpc) is 2.46. The van der Waals surface area contributed by atoms with Gasteiger partial charge in [-0.3, -0.25) is 0 Å². The Morgan fingerprint density at radius 1 is 1.45 bits per heavy atom. The summed E-state index contributed by atoms with van der Waals surface area (Å²) in [7, 11) is -3.42. The molecule has 0 saturated carbocycles. The molecule has 0 aliphatic carbocycles. The van der Waals surface area contributed by atoms with Crippen LogP contribution in [0.4, 0.5) is 5.69 Å². The Labute approximate surface area is 125 Å². The SMILES string of the molecule is CCC(CSC)NS(=O)(=O)c1ccc2c(c1)CCCN2. The van der Waals surface area contributed by atoms with Gasteiger partial charge in [0, 0.05) is 24.0 Å². The molecule has 0 saturated heterocycles. The monoisotopic (exact) mass is 314 g/mol. The molecule has 0 aromatic heterocycles. The predicted octanol–water partition coefficient (Wildman–Crippen LogP) is 2.46. The number of hydrogen-bond acceptors (Lipinski definition) is 4. The highest BCUT2D eigenvalue weighted by molar-refractivity contribution is 7.98. The molecule has 0 radical (unpaired) electrons. The Balaban J connectivity index is 2.20. The Morgan fingerprint density at radius 3 is 2.95 bits per heavy atom. The van der Waals surface area contributed by atoms with E-state index in [2.05, 4.69) is 10.0 Å². The number of anilines is 1. The summed E-state index contributed by atoms with van der Waals surface area (Å²) in [6.45, 7) is 2.96. The van der Waals surface area contributed by atoms with Crippen LogP contribution in [-0.4, -0.2) is 33.0 Å². The quantitative estimate of drug-likeness (QED) is 0.847. The largest absolute Gasteiger partial charge is 0.385 e. The first-order valence-corrected chi connectivity index (χ1v) is 9.82. The van der Waals surface area contributed by atoms with Crippen LogP contribution in [0.25, 0.3) is 0 Å². The smallest absolute Gasteiger partial charge is 0.240 e. The lowest BCUT2D eigenvalue weighted by atomic mass is 10.0. The summed E-state index contributed by atoms with van der Waals surface area (Å²) >= 11 is 1.66. The third kappa shape index (κ3) is 3.68. The number of hydrogen-bond donors (Lipinski definition) is 2. The van der Waals surface area contributed by atoms with Crippen LogP contribution in [0.2, 0.25) is 0 Å². The van der Waals surface area contributed by atoms with Crippen LogP contribution in [0.5, 0.6) is 0 Å². The minimum absolute atomic E-state index is 0.0100. The summed E-state index contributed by atoms with van der Waals surface area (Å²) in [5.41, 5.74) is 2.16. The van der Waals surface area contributed by atoms with Gasteiger partial charge in [0.25, 0.3) is 0 Å². The van der Waals surface area contributed by atoms with E-state index in [-0.39, 0.29) is 6.04 Å². The molecule has 2 rings (SSSR count). The molecule has 1 atom stereocenters. The minimum Gasteiger partial charge on any atom is -0.385 e. The van der Waals surface area contributed by atoms with E-state index in [9.17, 15) is 8.42 Å². The van der Waals surface area contributed by atoms with Gasteiger partial charge in [0.2, 0.25) is 10.0 Å². The minimum atomic E-state index is -3.42. The van der Waals surface area contributed by atoms with Crippen LogP contribution in [0.3, 0.4) is 0 Å². The highest BCUT2D eigenvalue weighted by Crippen LogP contribution is 2.25. The van der Waals surface area contributed by atoms with Gasteiger partial charge in [0.15, 0.2) is 0 Å². The van der Waals surface area contributed by atoms with Crippen molar-refractivity contribution in [1.29, 1.82) is 0 Å². The number of rotatable bonds is 6. The van der Waals surface area contributed by atoms with Crippen molar-refractivity contribution < 1.29 is 8.42 Å². The van der Waals surface area contributed by atoms with Crippen LogP contribution in [0, 0.1) is 0 Å². The van der Waals surface area contributed by atoms with Crippen LogP contribution < -0.4 is 10.0 Å². The molecule has 0 amide bonds. The van der Waals surface area contributed by atoms with E-state index in [1.54, 1.807) is 23.9 Å². The summed E-state index contributed by atoms with van der Waals surface area (Å²) < 4.78 is 27.6. The van der Waals surface area contributed by atoms with E-state index in [0.717, 1.165) is 42.8 Å². The van der Waals surface area contributed by atoms with Crippen LogP contribution >= 0.6 is 11.8 Å². The molecule has 1 aromatic carbocycles. The normalized spacial score (nSPS) is 16.3. The van der Waals surface area contributed by atoms with Gasteiger partial charge in [0.05, 0.1) is 4.90 Å². The average molecular weight is 314 g/mol. The molecular formula is C14H22N2O2S2. The maximum atomic E-state index is 12.4. The molecule has 0 bridgehead atoms. The number of aryl methyl sites for hydroxylation is 1. The Hall–Kier alpha value is -0.720. The first-order chi connectivity index (χ1) is 9.56. The van der Waals surface area contributed by atoms with Crippen molar-refractivity contribution in [3.05, 3.63) is 23.8 Å². The van der Waals surface area contributed by atoms with Crippen molar-refractivity contribution in [2.45, 2.75) is 37.1 Å². The Bertz CT molecular complexity index is 558. The highest BCUT2D eigenvalue weighted by atomic mass is 32.2. The molecule has 1 heterocycles. The fraction of sp³-hybridized carbons (Fsp3) is 0.571. The molecule has 6 heteroatoms. The second-order valence-electron chi connectivity index (χ2n) is 5.03. The first kappa shape index (κ1) is 15.7. The summed E-state index contributed by atoms with van der Waals surface area (Å²) in [6.07, 6.45) is 4.77. The number of sulfonamides is 1. The van der Waals surface area contributed by atoms with E-state index in [1.807, 2.05) is 19.2 Å². The second-order valence-corrected chi connectivity index (χ2v) is 7.66. The number of thioether (sulfide) groups is 1. The highest BCUT2D eigenvalue weighted by Gasteiger charge is 2.20. The Morgan fingerprint density at radius 2 is 2.25 bits per heavy atom. The molecule has 20 heavy (non-hydrogen) atoms. The van der Waals surface area contributed by atoms with Crippen LogP contribution in [0.15, 0.2) is 23.1 Å². The van der Waals surface area contributed by atoms with Gasteiger partial charge in [-0.1, -0.05) is 6.92 Å². The summed E-state index contributed by atoms with van der Waals surface area (Å²) in [6, 6.07) is 5.35. The van der Waals surface area contributed by atoms with Crippen LogP contribution in [-0.2, 0) is 16.4 Å². The first-order valence-electron chi connectivity index (χ1n) is 6.95. The Kier molecular flexibility index (Phi) is 5.35. The fourth-order valence-corrected chi connectivity index (χ4v) is 4.54. The maximum Gasteiger partial charge on any atom is 0.240 e. The molecule has 0 fully saturated rings. The van der Waals surface area contributed by atoms with Crippen molar-refractivity contribution >= 4 is 27.5 Å². The van der Waals surface area contributed by atoms with Gasteiger partial charge in [-0.15, -0.1) is 0 Å². The van der Waals surface area contributed by atoms with Gasteiger partial charge in [0.1, 0.15) is 0 Å². The summed E-state index contributed by atoms with van der Waals surface area (Å²) in [5, 5.41) is 3.29. The van der Waals surface area contributed by atoms with Crippen molar-refractivity contribution in [1.82, 2.24) is 4.72 Å². The molecule has 4 nitrogen and oxygen atoms in total. The van der Waals surface area contributed by atoms with E-state index < -0.39 is 10.0 Å². The number of nitrogens with one attached hydrogen (secondary N) is 2. The molecule has 0 spiro atoms. The maximum absolute atomic E-state index is 12.4. The van der Waals surface area contributed by atoms with Crippen molar-refractivity contribution in [3.8, 4) is 0 Å². The van der Waals surface area contributed by atoms with Gasteiger partial charge in [-0.05, 0) is 49.3 Å². The molecule has 1 aliphatic rings. The van der Waals surface area contributed by atoms with Gasteiger partial charge < -0.3 is 5.32 Å². The number of fused-ring (bicyclic) bond motifs is 1. The lowest BCUT2D eigenvalue weighted by Gasteiger charge is -2.20. The van der Waals surface area contributed by atoms with E-state index >= 15 is 0 Å². The van der Waals surface area contributed by atoms with E-state index in [0.29, 0.717) is 4.90 Å². The standard InChI is InChI=1S/C14H22N2O2S2/c1-3-12(10-19-2)16-20(17,18)13-6-7-14-11(9-13)5-4-8-15-14/h6-7,9,12,15-16H,3-5,8,10H2,1-2H3. The topological polar surface area (TPSA) is 58.2 Å². The predicted molar refractivity (Wildman–Crippen MR) is 86.0 cm³/mol. The van der Waals surface area contributed by atoms with Crippen molar-refractivity contribution in [2.24, 2.45) is 0 Å². The molecular weight excluding hydrogens is 292 g/mol. The van der Waals surface area contributed by atoms with Gasteiger partial charge >= 0.3 is 0 Å². The van der Waals surface area contributed by atoms with E-state index in [1.165, 1.54) is 0 Å². The van der Waals surface area contributed by atoms with Crippen LogP contribution in [0.1, 0.15) is 25.3 Å². The molecule has 1 aliphatic heterocycles. The number of benzene rings is 1. The zero-order valence-electron chi connectivity index (χ0n) is 12.0. The third-order valence-electron chi connectivity index (χ3n) is 3.51. The van der Waals surface area contributed by atoms with Gasteiger partial charge in [-0.2, -0.15) is 11.8 Å². The third-order valence-corrected chi connectivity index (χ3v) is 5.76. The fourth-order valence-electron chi connectivity index (χ4n) is 2.34. The zero-order valence-corrected chi connectivity index (χ0v) is 13.6. The summed E-state index contributed by atoms with van der Waals surface area (Å²) in [5.74, 6) is 0.794. The molecule has 1 aromatic rings. The summed E-state index contributed by atoms with van der Waals surface area (Å²) in [4.78, 5) is 0.375. The molecule has 1 unspecified atom stereocenters. The molecule has 112 valence electrons. The van der Waals surface area contributed by atoms with E-state index in [4.69, 9.17) is 0 Å². The lowest BCUT2D eigenvalue weighted by molar-refractivity contribution is 0.558. The van der Waals surface area contributed by atoms with Gasteiger partial charge in [-0.25, -0.2) is 13.1 Å². The van der Waals surface area contributed by atoms with Crippen molar-refractivity contribution in [2.75, 3.05) is 23.9 Å². The lowest BCUT2D eigenvalue weighted by Crippen LogP contribution is -2.36. The second kappa shape index (κ2) is 6.83.